The zero-order valence-corrected chi connectivity index (χ0v) is 18.9. The minimum absolute atomic E-state index is 0.371. The first kappa shape index (κ1) is 22.5. The lowest BCUT2D eigenvalue weighted by molar-refractivity contribution is 0.280. The summed E-state index contributed by atoms with van der Waals surface area (Å²) in [7, 11) is 0. The fourth-order valence-corrected chi connectivity index (χ4v) is 4.30. The average Bonchev–Trinajstić information content (AvgIpc) is 2.86. The molecule has 3 heterocycles. The zero-order valence-electron chi connectivity index (χ0n) is 18.9. The molecule has 0 amide bonds. The van der Waals surface area contributed by atoms with Gasteiger partial charge in [-0.05, 0) is 44.2 Å². The molecule has 0 bridgehead atoms. The molecule has 1 saturated heterocycles. The Labute approximate surface area is 183 Å². The Morgan fingerprint density at radius 3 is 2.17 bits per heavy atom. The summed E-state index contributed by atoms with van der Waals surface area (Å²) < 4.78 is 0. The van der Waals surface area contributed by atoms with Gasteiger partial charge in [0.2, 0.25) is 0 Å². The van der Waals surface area contributed by atoms with Crippen molar-refractivity contribution < 1.29 is 0 Å². The summed E-state index contributed by atoms with van der Waals surface area (Å²) in [6, 6.07) is 12.8. The summed E-state index contributed by atoms with van der Waals surface area (Å²) in [5.74, 6) is 2.15. The Bertz CT molecular complexity index is 693. The van der Waals surface area contributed by atoms with Crippen LogP contribution in [0.1, 0.15) is 52.4 Å². The predicted molar refractivity (Wildman–Crippen MR) is 127 cm³/mol. The van der Waals surface area contributed by atoms with Crippen LogP contribution >= 0.6 is 0 Å². The van der Waals surface area contributed by atoms with Gasteiger partial charge in [0.1, 0.15) is 11.6 Å². The van der Waals surface area contributed by atoms with Crippen LogP contribution in [0.4, 0.5) is 11.6 Å². The third-order valence-electron chi connectivity index (χ3n) is 6.10. The molecule has 0 N–H and O–H groups in total. The molecule has 2 aromatic rings. The minimum atomic E-state index is 0.371. The smallest absolute Gasteiger partial charge is 0.128 e. The zero-order chi connectivity index (χ0) is 21.0. The fourth-order valence-electron chi connectivity index (χ4n) is 4.30. The molecule has 0 radical (unpaired) electrons. The quantitative estimate of drug-likeness (QED) is 0.553. The molecule has 1 fully saturated rings. The Kier molecular flexibility index (Phi) is 9.42. The first-order valence-electron chi connectivity index (χ1n) is 11.8. The van der Waals surface area contributed by atoms with Crippen molar-refractivity contribution in [3.8, 4) is 0 Å². The van der Waals surface area contributed by atoms with Gasteiger partial charge in [0.25, 0.3) is 0 Å². The van der Waals surface area contributed by atoms with Crippen LogP contribution in [0.25, 0.3) is 0 Å². The normalized spacial score (nSPS) is 18.7. The van der Waals surface area contributed by atoms with E-state index >= 15 is 0 Å². The second kappa shape index (κ2) is 12.5. The van der Waals surface area contributed by atoms with Crippen LogP contribution in [0.3, 0.4) is 0 Å². The van der Waals surface area contributed by atoms with E-state index in [9.17, 15) is 0 Å². The van der Waals surface area contributed by atoms with Gasteiger partial charge in [-0.2, -0.15) is 0 Å². The van der Waals surface area contributed by atoms with Crippen molar-refractivity contribution in [1.82, 2.24) is 14.9 Å². The summed E-state index contributed by atoms with van der Waals surface area (Å²) in [5, 5.41) is 0. The average molecular weight is 410 g/mol. The van der Waals surface area contributed by atoms with Crippen molar-refractivity contribution in [3.05, 3.63) is 48.8 Å². The van der Waals surface area contributed by atoms with E-state index in [1.165, 1.54) is 45.1 Å². The Morgan fingerprint density at radius 1 is 0.800 bits per heavy atom. The lowest BCUT2D eigenvalue weighted by Gasteiger charge is -2.33. The van der Waals surface area contributed by atoms with E-state index in [0.29, 0.717) is 6.04 Å². The van der Waals surface area contributed by atoms with Crippen LogP contribution in [0.2, 0.25) is 0 Å². The molecule has 0 aromatic carbocycles. The molecule has 5 nitrogen and oxygen atoms in total. The van der Waals surface area contributed by atoms with Crippen LogP contribution in [0.5, 0.6) is 0 Å². The minimum Gasteiger partial charge on any atom is -0.353 e. The molecule has 0 saturated carbocycles. The number of hydrogen-bond acceptors (Lipinski definition) is 5. The van der Waals surface area contributed by atoms with E-state index in [1.807, 2.05) is 24.5 Å². The molecule has 1 aliphatic heterocycles. The topological polar surface area (TPSA) is 35.5 Å². The number of anilines is 2. The van der Waals surface area contributed by atoms with E-state index in [0.717, 1.165) is 44.4 Å². The monoisotopic (exact) mass is 409 g/mol. The third kappa shape index (κ3) is 6.98. The van der Waals surface area contributed by atoms with Gasteiger partial charge >= 0.3 is 0 Å². The van der Waals surface area contributed by atoms with Crippen LogP contribution in [-0.2, 0) is 0 Å². The van der Waals surface area contributed by atoms with Gasteiger partial charge in [-0.25, -0.2) is 9.97 Å². The molecule has 2 aromatic heterocycles. The fraction of sp³-hybridized carbons (Fsp3) is 0.600. The molecule has 30 heavy (non-hydrogen) atoms. The highest BCUT2D eigenvalue weighted by molar-refractivity contribution is 5.42. The number of hydrogen-bond donors (Lipinski definition) is 0. The van der Waals surface area contributed by atoms with Crippen molar-refractivity contribution in [1.29, 1.82) is 0 Å². The van der Waals surface area contributed by atoms with E-state index in [-0.39, 0.29) is 0 Å². The number of unbranched alkanes of at least 4 members (excludes halogenated alkanes) is 5. The maximum atomic E-state index is 4.66. The number of pyridine rings is 2. The van der Waals surface area contributed by atoms with Crippen molar-refractivity contribution >= 4 is 11.6 Å². The first-order valence-corrected chi connectivity index (χ1v) is 11.8. The number of nitrogens with zero attached hydrogens (tertiary/aromatic N) is 5. The summed E-state index contributed by atoms with van der Waals surface area (Å²) in [4.78, 5) is 16.9. The van der Waals surface area contributed by atoms with E-state index in [2.05, 4.69) is 62.8 Å². The SMILES string of the molecule is CCCCCCCCN1CCN(c2ccccn2)CC(C)N(c2ccccn2)CC1. The van der Waals surface area contributed by atoms with Gasteiger partial charge in [0.05, 0.1) is 0 Å². The molecule has 1 atom stereocenters. The van der Waals surface area contributed by atoms with Gasteiger partial charge in [-0.3, -0.25) is 4.90 Å². The molecule has 0 spiro atoms. The van der Waals surface area contributed by atoms with Crippen molar-refractivity contribution in [3.63, 3.8) is 0 Å². The maximum Gasteiger partial charge on any atom is 0.128 e. The first-order chi connectivity index (χ1) is 14.8. The van der Waals surface area contributed by atoms with Crippen LogP contribution in [0.15, 0.2) is 48.8 Å². The van der Waals surface area contributed by atoms with Crippen LogP contribution in [0, 0.1) is 0 Å². The van der Waals surface area contributed by atoms with Gasteiger partial charge in [-0.1, -0.05) is 51.2 Å². The summed E-state index contributed by atoms with van der Waals surface area (Å²) in [5.41, 5.74) is 0. The molecule has 1 aliphatic rings. The predicted octanol–water partition coefficient (Wildman–Crippen LogP) is 4.85. The third-order valence-corrected chi connectivity index (χ3v) is 6.10. The Hall–Kier alpha value is -2.14. The summed E-state index contributed by atoms with van der Waals surface area (Å²) >= 11 is 0. The molecular formula is C25H39N5. The molecule has 3 rings (SSSR count). The number of rotatable bonds is 9. The van der Waals surface area contributed by atoms with Gasteiger partial charge in [0, 0.05) is 51.2 Å². The second-order valence-electron chi connectivity index (χ2n) is 8.47. The maximum absolute atomic E-state index is 4.66. The van der Waals surface area contributed by atoms with Crippen molar-refractivity contribution in [2.75, 3.05) is 49.1 Å². The molecular weight excluding hydrogens is 370 g/mol. The van der Waals surface area contributed by atoms with Crippen molar-refractivity contribution in [2.45, 2.75) is 58.4 Å². The summed E-state index contributed by atoms with van der Waals surface area (Å²) in [6.45, 7) is 11.0. The largest absolute Gasteiger partial charge is 0.353 e. The Morgan fingerprint density at radius 2 is 1.47 bits per heavy atom. The molecule has 164 valence electrons. The molecule has 0 aliphatic carbocycles. The highest BCUT2D eigenvalue weighted by atomic mass is 15.3. The van der Waals surface area contributed by atoms with Gasteiger partial charge in [-0.15, -0.1) is 0 Å². The summed E-state index contributed by atoms with van der Waals surface area (Å²) in [6.07, 6.45) is 11.9. The Balaban J connectivity index is 1.67. The van der Waals surface area contributed by atoms with Crippen molar-refractivity contribution in [2.24, 2.45) is 0 Å². The van der Waals surface area contributed by atoms with Gasteiger partial charge in [0.15, 0.2) is 0 Å². The van der Waals surface area contributed by atoms with E-state index < -0.39 is 0 Å². The number of aromatic nitrogens is 2. The molecule has 1 unspecified atom stereocenters. The standard InChI is InChI=1S/C25H39N5/c1-3-4-5-6-7-12-17-28-18-20-29(24-13-8-10-15-26-24)22-23(2)30(21-19-28)25-14-9-11-16-27-25/h8-11,13-16,23H,3-7,12,17-22H2,1-2H3. The lowest BCUT2D eigenvalue weighted by Crippen LogP contribution is -2.44. The second-order valence-corrected chi connectivity index (χ2v) is 8.47. The highest BCUT2D eigenvalue weighted by Crippen LogP contribution is 2.19. The van der Waals surface area contributed by atoms with Crippen LogP contribution in [-0.4, -0.2) is 60.2 Å². The lowest BCUT2D eigenvalue weighted by atomic mass is 10.1. The van der Waals surface area contributed by atoms with Gasteiger partial charge < -0.3 is 9.80 Å². The van der Waals surface area contributed by atoms with Crippen LogP contribution < -0.4 is 9.80 Å². The van der Waals surface area contributed by atoms with E-state index in [4.69, 9.17) is 0 Å². The molecule has 5 heteroatoms. The highest BCUT2D eigenvalue weighted by Gasteiger charge is 2.23. The van der Waals surface area contributed by atoms with E-state index in [1.54, 1.807) is 0 Å².